The van der Waals surface area contributed by atoms with E-state index in [0.29, 0.717) is 32.6 Å². The van der Waals surface area contributed by atoms with Crippen LogP contribution in [0.25, 0.3) is 0 Å². The van der Waals surface area contributed by atoms with Crippen molar-refractivity contribution >= 4 is 11.8 Å². The predicted molar refractivity (Wildman–Crippen MR) is 103 cm³/mol. The minimum Gasteiger partial charge on any atom is -0.333 e. The smallest absolute Gasteiger partial charge is 0.312 e. The van der Waals surface area contributed by atoms with Gasteiger partial charge in [0.15, 0.2) is 0 Å². The molecular weight excluding hydrogens is 338 g/mol. The summed E-state index contributed by atoms with van der Waals surface area (Å²) in [5, 5.41) is 10.2. The molecule has 1 heterocycles. The van der Waals surface area contributed by atoms with Gasteiger partial charge in [0.2, 0.25) is 0 Å². The lowest BCUT2D eigenvalue weighted by atomic mass is 9.73. The summed E-state index contributed by atoms with van der Waals surface area (Å²) in [6, 6.07) is 21.8. The number of benzene rings is 2. The van der Waals surface area contributed by atoms with Crippen molar-refractivity contribution in [3.8, 4) is 6.07 Å². The molecule has 2 aromatic carbocycles. The Morgan fingerprint density at radius 1 is 0.889 bits per heavy atom. The Kier molecular flexibility index (Phi) is 5.56. The van der Waals surface area contributed by atoms with Gasteiger partial charge in [0.1, 0.15) is 5.41 Å². The van der Waals surface area contributed by atoms with E-state index >= 15 is 0 Å². The van der Waals surface area contributed by atoms with Crippen molar-refractivity contribution in [2.45, 2.75) is 18.8 Å². The summed E-state index contributed by atoms with van der Waals surface area (Å²) >= 11 is 0. The second-order valence-corrected chi connectivity index (χ2v) is 6.68. The first kappa shape index (κ1) is 18.7. The average molecular weight is 361 g/mol. The molecule has 2 amide bonds. The molecule has 3 rings (SSSR count). The van der Waals surface area contributed by atoms with E-state index in [0.717, 1.165) is 11.1 Å². The molecule has 1 aliphatic heterocycles. The van der Waals surface area contributed by atoms with E-state index in [-0.39, 0.29) is 0 Å². The number of nitriles is 1. The zero-order valence-corrected chi connectivity index (χ0v) is 15.5. The van der Waals surface area contributed by atoms with Gasteiger partial charge in [0.25, 0.3) is 0 Å². The molecule has 1 aliphatic rings. The summed E-state index contributed by atoms with van der Waals surface area (Å²) in [7, 11) is 0. The molecule has 1 fully saturated rings. The fraction of sp³-hybridized carbons (Fsp3) is 0.318. The van der Waals surface area contributed by atoms with Gasteiger partial charge in [-0.3, -0.25) is 9.59 Å². The predicted octanol–water partition coefficient (Wildman–Crippen LogP) is 2.58. The number of carbonyl (C=O) groups excluding carboxylic acids is 2. The van der Waals surface area contributed by atoms with Gasteiger partial charge in [-0.1, -0.05) is 60.7 Å². The molecule has 2 aromatic rings. The SMILES string of the molecule is CCN1CCN(CCC(C#N)(c2ccccc2)c2ccccc2)C(=O)C1=O. The lowest BCUT2D eigenvalue weighted by Crippen LogP contribution is -2.54. The van der Waals surface area contributed by atoms with E-state index in [2.05, 4.69) is 6.07 Å². The number of hydrogen-bond donors (Lipinski definition) is 0. The molecule has 0 spiro atoms. The van der Waals surface area contributed by atoms with Gasteiger partial charge in [0.05, 0.1) is 6.07 Å². The van der Waals surface area contributed by atoms with E-state index < -0.39 is 17.2 Å². The Balaban J connectivity index is 1.89. The summed E-state index contributed by atoms with van der Waals surface area (Å²) in [5.74, 6) is -0.929. The van der Waals surface area contributed by atoms with Crippen LogP contribution in [0.15, 0.2) is 60.7 Å². The molecule has 27 heavy (non-hydrogen) atoms. The molecular formula is C22H23N3O2. The van der Waals surface area contributed by atoms with Crippen molar-refractivity contribution in [2.75, 3.05) is 26.2 Å². The van der Waals surface area contributed by atoms with Gasteiger partial charge in [-0.15, -0.1) is 0 Å². The third-order valence-electron chi connectivity index (χ3n) is 5.26. The maximum Gasteiger partial charge on any atom is 0.312 e. The molecule has 138 valence electrons. The van der Waals surface area contributed by atoms with E-state index in [4.69, 9.17) is 0 Å². The van der Waals surface area contributed by atoms with E-state index in [1.807, 2.05) is 67.6 Å². The zero-order chi connectivity index (χ0) is 19.3. The number of hydrogen-bond acceptors (Lipinski definition) is 3. The van der Waals surface area contributed by atoms with Crippen LogP contribution >= 0.6 is 0 Å². The maximum absolute atomic E-state index is 12.4. The van der Waals surface area contributed by atoms with E-state index in [9.17, 15) is 14.9 Å². The first-order valence-corrected chi connectivity index (χ1v) is 9.23. The van der Waals surface area contributed by atoms with Crippen molar-refractivity contribution in [1.29, 1.82) is 5.26 Å². The molecule has 5 nitrogen and oxygen atoms in total. The zero-order valence-electron chi connectivity index (χ0n) is 15.5. The van der Waals surface area contributed by atoms with Gasteiger partial charge in [0, 0.05) is 26.2 Å². The first-order valence-electron chi connectivity index (χ1n) is 9.23. The van der Waals surface area contributed by atoms with Crippen molar-refractivity contribution in [3.63, 3.8) is 0 Å². The minimum atomic E-state index is -0.867. The quantitative estimate of drug-likeness (QED) is 0.743. The van der Waals surface area contributed by atoms with Crippen LogP contribution in [0.5, 0.6) is 0 Å². The molecule has 0 aliphatic carbocycles. The minimum absolute atomic E-state index is 0.361. The van der Waals surface area contributed by atoms with Gasteiger partial charge >= 0.3 is 11.8 Å². The van der Waals surface area contributed by atoms with Crippen molar-refractivity contribution in [2.24, 2.45) is 0 Å². The third-order valence-corrected chi connectivity index (χ3v) is 5.26. The van der Waals surface area contributed by atoms with Crippen LogP contribution in [0.1, 0.15) is 24.5 Å². The Morgan fingerprint density at radius 3 is 1.85 bits per heavy atom. The lowest BCUT2D eigenvalue weighted by Gasteiger charge is -2.35. The summed E-state index contributed by atoms with van der Waals surface area (Å²) < 4.78 is 0. The number of piperazine rings is 1. The van der Waals surface area contributed by atoms with Crippen molar-refractivity contribution in [3.05, 3.63) is 71.8 Å². The van der Waals surface area contributed by atoms with Crippen LogP contribution in [0.4, 0.5) is 0 Å². The maximum atomic E-state index is 12.4. The Labute approximate surface area is 159 Å². The topological polar surface area (TPSA) is 64.4 Å². The van der Waals surface area contributed by atoms with Crippen LogP contribution in [0.3, 0.4) is 0 Å². The molecule has 0 unspecified atom stereocenters. The van der Waals surface area contributed by atoms with Crippen molar-refractivity contribution in [1.82, 2.24) is 9.80 Å². The highest BCUT2D eigenvalue weighted by molar-refractivity contribution is 6.35. The monoisotopic (exact) mass is 361 g/mol. The lowest BCUT2D eigenvalue weighted by molar-refractivity contribution is -0.155. The van der Waals surface area contributed by atoms with Gasteiger partial charge < -0.3 is 9.80 Å². The number of likely N-dealkylation sites (N-methyl/N-ethyl adjacent to an activating group) is 1. The largest absolute Gasteiger partial charge is 0.333 e. The highest BCUT2D eigenvalue weighted by Crippen LogP contribution is 2.35. The molecule has 1 saturated heterocycles. The normalized spacial score (nSPS) is 15.0. The average Bonchev–Trinajstić information content (AvgIpc) is 2.73. The number of nitrogens with zero attached hydrogens (tertiary/aromatic N) is 3. The molecule has 5 heteroatoms. The van der Waals surface area contributed by atoms with Gasteiger partial charge in [-0.05, 0) is 24.5 Å². The third kappa shape index (κ3) is 3.56. The molecule has 0 saturated carbocycles. The van der Waals surface area contributed by atoms with Crippen LogP contribution in [-0.4, -0.2) is 47.8 Å². The van der Waals surface area contributed by atoms with Crippen LogP contribution in [0, 0.1) is 11.3 Å². The molecule has 0 aromatic heterocycles. The second-order valence-electron chi connectivity index (χ2n) is 6.68. The van der Waals surface area contributed by atoms with Crippen LogP contribution < -0.4 is 0 Å². The second kappa shape index (κ2) is 8.05. The molecule has 0 radical (unpaired) electrons. The first-order chi connectivity index (χ1) is 13.1. The van der Waals surface area contributed by atoms with Crippen LogP contribution in [0.2, 0.25) is 0 Å². The van der Waals surface area contributed by atoms with Gasteiger partial charge in [-0.2, -0.15) is 5.26 Å². The molecule has 0 atom stereocenters. The summed E-state index contributed by atoms with van der Waals surface area (Å²) in [5.41, 5.74) is 0.919. The number of amides is 2. The van der Waals surface area contributed by atoms with E-state index in [1.165, 1.54) is 0 Å². The van der Waals surface area contributed by atoms with E-state index in [1.54, 1.807) is 9.80 Å². The fourth-order valence-corrected chi connectivity index (χ4v) is 3.62. The highest BCUT2D eigenvalue weighted by Gasteiger charge is 2.37. The summed E-state index contributed by atoms with van der Waals surface area (Å²) in [6.07, 6.45) is 0.433. The fourth-order valence-electron chi connectivity index (χ4n) is 3.62. The van der Waals surface area contributed by atoms with Gasteiger partial charge in [-0.25, -0.2) is 0 Å². The summed E-state index contributed by atoms with van der Waals surface area (Å²) in [4.78, 5) is 27.7. The molecule has 0 N–H and O–H groups in total. The number of rotatable bonds is 6. The summed E-state index contributed by atoms with van der Waals surface area (Å²) in [6.45, 7) is 3.81. The Hall–Kier alpha value is -3.13. The Bertz CT molecular complexity index is 803. The standard InChI is InChI=1S/C22H23N3O2/c1-2-24-15-16-25(21(27)20(24)26)14-13-22(17-23,18-9-5-3-6-10-18)19-11-7-4-8-12-19/h3-12H,2,13-16H2,1H3. The Morgan fingerprint density at radius 2 is 1.37 bits per heavy atom. The van der Waals surface area contributed by atoms with Crippen LogP contribution in [-0.2, 0) is 15.0 Å². The highest BCUT2D eigenvalue weighted by atomic mass is 16.2. The van der Waals surface area contributed by atoms with Crippen molar-refractivity contribution < 1.29 is 9.59 Å². The number of carbonyl (C=O) groups is 2. The molecule has 0 bridgehead atoms.